The van der Waals surface area contributed by atoms with Crippen molar-refractivity contribution in [2.24, 2.45) is 5.92 Å². The summed E-state index contributed by atoms with van der Waals surface area (Å²) in [7, 11) is 0. The fraction of sp³-hybridized carbons (Fsp3) is 0.727. The molecule has 7 rings (SSSR count). The number of hydrazine groups is 1. The van der Waals surface area contributed by atoms with Crippen molar-refractivity contribution in [1.82, 2.24) is 46.8 Å². The first-order valence-electron chi connectivity index (χ1n) is 17.3. The Morgan fingerprint density at radius 2 is 2.02 bits per heavy atom. The molecule has 45 heavy (non-hydrogen) atoms. The maximum atomic E-state index is 12.8. The van der Waals surface area contributed by atoms with E-state index in [9.17, 15) is 4.79 Å². The van der Waals surface area contributed by atoms with Gasteiger partial charge in [0.1, 0.15) is 18.0 Å². The summed E-state index contributed by atoms with van der Waals surface area (Å²) < 4.78 is 11.9. The third-order valence-electron chi connectivity index (χ3n) is 10.8. The van der Waals surface area contributed by atoms with Crippen LogP contribution in [-0.4, -0.2) is 123 Å². The molecule has 6 N–H and O–H groups in total. The molecule has 6 heterocycles. The number of morpholine rings is 1. The number of ether oxygens (including phenoxy) is 2. The van der Waals surface area contributed by atoms with Crippen molar-refractivity contribution in [3.05, 3.63) is 47.9 Å². The van der Waals surface area contributed by atoms with Gasteiger partial charge in [0.2, 0.25) is 5.91 Å². The van der Waals surface area contributed by atoms with Gasteiger partial charge in [0.15, 0.2) is 0 Å². The van der Waals surface area contributed by atoms with E-state index in [4.69, 9.17) is 9.47 Å². The van der Waals surface area contributed by atoms with Crippen LogP contribution in [0.4, 0.5) is 0 Å². The lowest BCUT2D eigenvalue weighted by Crippen LogP contribution is -2.73. The van der Waals surface area contributed by atoms with Crippen molar-refractivity contribution in [2.45, 2.75) is 88.1 Å². The first-order chi connectivity index (χ1) is 22.1. The third kappa shape index (κ3) is 7.65. The van der Waals surface area contributed by atoms with Crippen molar-refractivity contribution in [1.29, 1.82) is 0 Å². The molecule has 248 valence electrons. The average Bonchev–Trinajstić information content (AvgIpc) is 3.55. The number of carbonyl (C=O) groups excluding carboxylic acids is 1. The van der Waals surface area contributed by atoms with Gasteiger partial charge in [-0.3, -0.25) is 36.0 Å². The summed E-state index contributed by atoms with van der Waals surface area (Å²) >= 11 is 0. The highest BCUT2D eigenvalue weighted by atomic mass is 16.5. The molecule has 8 unspecified atom stereocenters. The number of nitrogens with one attached hydrogen (secondary N) is 6. The van der Waals surface area contributed by atoms with E-state index in [2.05, 4.69) is 73.3 Å². The maximum absolute atomic E-state index is 12.8. The van der Waals surface area contributed by atoms with Gasteiger partial charge < -0.3 is 19.7 Å². The van der Waals surface area contributed by atoms with Crippen LogP contribution in [0.1, 0.15) is 45.4 Å². The van der Waals surface area contributed by atoms with Crippen LogP contribution in [0, 0.1) is 5.92 Å². The summed E-state index contributed by atoms with van der Waals surface area (Å²) in [5, 5.41) is 21.0. The standard InChI is InChI=1S/C33H53N9O3/c1-23-19-25(4-7-29(23)45-26-10-14-42-30(20-26)35-22-37-42)38-33-32-28(34-21-36-33)6-5-27(39-32)24-8-12-41(13-9-24)31(43)3-2-11-40-15-17-44-18-16-40/h2-3,8,10,14,20,23,25,27-30,32-39H,4-7,9,11-13,15-19,21-22H2,1H3/b3-2+. The van der Waals surface area contributed by atoms with Crippen LogP contribution in [0.15, 0.2) is 47.9 Å². The average molecular weight is 624 g/mol. The fourth-order valence-corrected chi connectivity index (χ4v) is 8.08. The molecular weight excluding hydrogens is 570 g/mol. The Balaban J connectivity index is 0.882. The van der Waals surface area contributed by atoms with Crippen molar-refractivity contribution in [3.8, 4) is 0 Å². The van der Waals surface area contributed by atoms with Crippen LogP contribution in [-0.2, 0) is 14.3 Å². The first kappa shape index (κ1) is 31.3. The van der Waals surface area contributed by atoms with E-state index in [0.717, 1.165) is 97.0 Å². The molecule has 12 nitrogen and oxygen atoms in total. The van der Waals surface area contributed by atoms with Gasteiger partial charge in [-0.15, -0.1) is 0 Å². The molecule has 0 aromatic heterocycles. The Hall–Kier alpha value is -2.29. The molecule has 0 radical (unpaired) electrons. The molecule has 6 aliphatic heterocycles. The minimum atomic E-state index is 0.121. The summed E-state index contributed by atoms with van der Waals surface area (Å²) in [6.45, 7) is 9.69. The van der Waals surface area contributed by atoms with Gasteiger partial charge in [-0.05, 0) is 56.6 Å². The van der Waals surface area contributed by atoms with Crippen LogP contribution >= 0.6 is 0 Å². The van der Waals surface area contributed by atoms with Crippen LogP contribution in [0.3, 0.4) is 0 Å². The second-order valence-corrected chi connectivity index (χ2v) is 13.7. The molecule has 4 saturated heterocycles. The molecule has 8 atom stereocenters. The minimum absolute atomic E-state index is 0.121. The van der Waals surface area contributed by atoms with Gasteiger partial charge in [0.25, 0.3) is 0 Å². The number of fused-ring (bicyclic) bond motifs is 2. The molecule has 7 aliphatic rings. The number of rotatable bonds is 8. The second kappa shape index (κ2) is 14.6. The number of amides is 1. The van der Waals surface area contributed by atoms with E-state index in [1.165, 1.54) is 5.57 Å². The zero-order valence-corrected chi connectivity index (χ0v) is 26.8. The highest BCUT2D eigenvalue weighted by Gasteiger charge is 2.41. The SMILES string of the molecule is CC1CC(NC2NCNC3CCC(C4=CCN(C(=O)/C=C/CN5CCOCC5)CC4)NC32)CCC1OC1=CC2NCNN2C=C1. The molecule has 1 saturated carbocycles. The lowest BCUT2D eigenvalue weighted by atomic mass is 9.82. The Morgan fingerprint density at radius 3 is 2.87 bits per heavy atom. The zero-order valence-electron chi connectivity index (χ0n) is 26.8. The lowest BCUT2D eigenvalue weighted by molar-refractivity contribution is -0.125. The van der Waals surface area contributed by atoms with E-state index in [0.29, 0.717) is 36.6 Å². The lowest BCUT2D eigenvalue weighted by Gasteiger charge is -2.48. The minimum Gasteiger partial charge on any atom is -0.490 e. The summed E-state index contributed by atoms with van der Waals surface area (Å²) in [6.07, 6.45) is 19.5. The number of nitrogens with zero attached hydrogens (tertiary/aromatic N) is 3. The third-order valence-corrected chi connectivity index (χ3v) is 10.8. The number of hydrogen-bond acceptors (Lipinski definition) is 11. The van der Waals surface area contributed by atoms with Crippen LogP contribution in [0.25, 0.3) is 0 Å². The number of hydrogen-bond donors (Lipinski definition) is 6. The van der Waals surface area contributed by atoms with E-state index < -0.39 is 0 Å². The van der Waals surface area contributed by atoms with E-state index >= 15 is 0 Å². The predicted octanol–water partition coefficient (Wildman–Crippen LogP) is 0.267. The highest BCUT2D eigenvalue weighted by Crippen LogP contribution is 2.31. The fourth-order valence-electron chi connectivity index (χ4n) is 8.08. The molecule has 0 bridgehead atoms. The van der Waals surface area contributed by atoms with Crippen LogP contribution in [0.2, 0.25) is 0 Å². The Kier molecular flexibility index (Phi) is 10.2. The maximum Gasteiger partial charge on any atom is 0.246 e. The molecule has 0 aromatic rings. The number of carbonyl (C=O) groups is 1. The quantitative estimate of drug-likeness (QED) is 0.165. The van der Waals surface area contributed by atoms with Crippen molar-refractivity contribution < 1.29 is 14.3 Å². The van der Waals surface area contributed by atoms with Gasteiger partial charge >= 0.3 is 0 Å². The van der Waals surface area contributed by atoms with Gasteiger partial charge in [0.05, 0.1) is 32.1 Å². The Bertz CT molecular complexity index is 1150. The van der Waals surface area contributed by atoms with Crippen molar-refractivity contribution in [2.75, 3.05) is 59.3 Å². The van der Waals surface area contributed by atoms with Gasteiger partial charge in [-0.2, -0.15) is 0 Å². The number of allylic oxidation sites excluding steroid dienone is 1. The molecule has 1 aliphatic carbocycles. The van der Waals surface area contributed by atoms with Crippen molar-refractivity contribution >= 4 is 5.91 Å². The largest absolute Gasteiger partial charge is 0.490 e. The van der Waals surface area contributed by atoms with Crippen LogP contribution in [0.5, 0.6) is 0 Å². The Morgan fingerprint density at radius 1 is 1.11 bits per heavy atom. The van der Waals surface area contributed by atoms with Gasteiger partial charge in [-0.25, -0.2) is 5.43 Å². The second-order valence-electron chi connectivity index (χ2n) is 13.7. The molecule has 5 fully saturated rings. The molecule has 1 amide bonds. The van der Waals surface area contributed by atoms with Gasteiger partial charge in [-0.1, -0.05) is 24.6 Å². The van der Waals surface area contributed by atoms with E-state index in [1.54, 1.807) is 6.08 Å². The van der Waals surface area contributed by atoms with Crippen LogP contribution < -0.4 is 32.0 Å². The van der Waals surface area contributed by atoms with Crippen molar-refractivity contribution in [3.63, 3.8) is 0 Å². The predicted molar refractivity (Wildman–Crippen MR) is 173 cm³/mol. The normalized spacial score (nSPS) is 37.6. The monoisotopic (exact) mass is 623 g/mol. The molecule has 0 aromatic carbocycles. The highest BCUT2D eigenvalue weighted by molar-refractivity contribution is 5.87. The molecule has 12 heteroatoms. The van der Waals surface area contributed by atoms with E-state index in [1.807, 2.05) is 11.0 Å². The smallest absolute Gasteiger partial charge is 0.246 e. The topological polar surface area (TPSA) is 117 Å². The number of piperidine rings is 1. The first-order valence-corrected chi connectivity index (χ1v) is 17.3. The summed E-state index contributed by atoms with van der Waals surface area (Å²) in [6, 6.07) is 1.61. The Labute approximate surface area is 268 Å². The molecular formula is C33H53N9O3. The van der Waals surface area contributed by atoms with E-state index in [-0.39, 0.29) is 24.3 Å². The zero-order chi connectivity index (χ0) is 30.6. The summed E-state index contributed by atoms with van der Waals surface area (Å²) in [4.78, 5) is 17.1. The summed E-state index contributed by atoms with van der Waals surface area (Å²) in [5.41, 5.74) is 4.75. The van der Waals surface area contributed by atoms with Gasteiger partial charge in [0, 0.05) is 69.8 Å². The summed E-state index contributed by atoms with van der Waals surface area (Å²) in [5.74, 6) is 1.58. The molecule has 0 spiro atoms.